The number of nitrogens with one attached hydrogen (secondary N) is 1. The molecule has 2 rings (SSSR count). The Hall–Kier alpha value is -2.10. The van der Waals surface area contributed by atoms with Gasteiger partial charge in [-0.2, -0.15) is 13.2 Å². The first-order valence-corrected chi connectivity index (χ1v) is 8.60. The summed E-state index contributed by atoms with van der Waals surface area (Å²) in [6, 6.07) is 2.09. The topological polar surface area (TPSA) is 72.2 Å². The first-order valence-electron chi connectivity index (χ1n) is 7.12. The Morgan fingerprint density at radius 1 is 1.20 bits per heavy atom. The quantitative estimate of drug-likeness (QED) is 0.812. The van der Waals surface area contributed by atoms with Gasteiger partial charge in [-0.1, -0.05) is 20.8 Å². The molecule has 0 fully saturated rings. The van der Waals surface area contributed by atoms with Crippen molar-refractivity contribution in [2.75, 3.05) is 5.32 Å². The van der Waals surface area contributed by atoms with Crippen LogP contribution in [0.2, 0.25) is 0 Å². The van der Waals surface area contributed by atoms with E-state index in [1.165, 1.54) is 6.20 Å². The molecule has 0 aliphatic rings. The molecule has 1 N–H and O–H groups in total. The van der Waals surface area contributed by atoms with Gasteiger partial charge in [-0.3, -0.25) is 0 Å². The third-order valence-electron chi connectivity index (χ3n) is 3.26. The molecule has 1 heterocycles. The fourth-order valence-electron chi connectivity index (χ4n) is 1.90. The molecule has 0 saturated heterocycles. The molecule has 25 heavy (non-hydrogen) atoms. The minimum absolute atomic E-state index is 0.157. The van der Waals surface area contributed by atoms with Crippen LogP contribution < -0.4 is 5.32 Å². The van der Waals surface area contributed by atoms with E-state index in [0.717, 1.165) is 12.1 Å². The molecule has 0 amide bonds. The summed E-state index contributed by atoms with van der Waals surface area (Å²) >= 11 is 0. The lowest BCUT2D eigenvalue weighted by atomic mass is 9.94. The van der Waals surface area contributed by atoms with Crippen LogP contribution in [0.25, 0.3) is 0 Å². The first kappa shape index (κ1) is 19.2. The molecule has 0 aliphatic heterocycles. The molecule has 0 spiro atoms. The van der Waals surface area contributed by atoms with E-state index in [1.807, 2.05) is 20.8 Å². The summed E-state index contributed by atoms with van der Waals surface area (Å²) in [4.78, 5) is 2.79. The maximum atomic E-state index is 13.3. The molecule has 0 unspecified atom stereocenters. The van der Waals surface area contributed by atoms with Crippen LogP contribution in [-0.4, -0.2) is 18.9 Å². The van der Waals surface area contributed by atoms with Gasteiger partial charge in [0.1, 0.15) is 16.5 Å². The van der Waals surface area contributed by atoms with Gasteiger partial charge in [0.25, 0.3) is 9.84 Å². The molecular weight excluding hydrogens is 364 g/mol. The van der Waals surface area contributed by atoms with Crippen LogP contribution in [0.5, 0.6) is 0 Å². The van der Waals surface area contributed by atoms with Gasteiger partial charge in [-0.05, 0) is 18.2 Å². The van der Waals surface area contributed by atoms with Crippen molar-refractivity contribution in [1.29, 1.82) is 0 Å². The Balaban J connectivity index is 2.31. The van der Waals surface area contributed by atoms with Crippen LogP contribution in [-0.2, 0) is 21.8 Å². The Bertz CT molecular complexity index is 868. The van der Waals surface area contributed by atoms with Crippen LogP contribution in [0, 0.1) is 5.82 Å². The van der Waals surface area contributed by atoms with Crippen molar-refractivity contribution in [2.24, 2.45) is 0 Å². The molecule has 0 saturated carbocycles. The third kappa shape index (κ3) is 4.12. The van der Waals surface area contributed by atoms with Crippen molar-refractivity contribution in [3.8, 4) is 0 Å². The second-order valence-corrected chi connectivity index (χ2v) is 8.22. The summed E-state index contributed by atoms with van der Waals surface area (Å²) in [7, 11) is -5.71. The summed E-state index contributed by atoms with van der Waals surface area (Å²) in [5, 5.41) is 2.50. The van der Waals surface area contributed by atoms with Crippen molar-refractivity contribution in [1.82, 2.24) is 4.98 Å². The number of anilines is 1. The van der Waals surface area contributed by atoms with Crippen molar-refractivity contribution < 1.29 is 30.4 Å². The standard InChI is InChI=1S/C15H16F4N2O3S/c1-14(2,3)12-7-21-13(24-12)8-20-10-5-4-9(16)6-11(10)25(22,23)15(17,18)19/h4-7,20H,8H2,1-3H3. The van der Waals surface area contributed by atoms with Crippen LogP contribution >= 0.6 is 0 Å². The molecule has 5 nitrogen and oxygen atoms in total. The van der Waals surface area contributed by atoms with E-state index in [0.29, 0.717) is 11.8 Å². The van der Waals surface area contributed by atoms with Gasteiger partial charge in [-0.15, -0.1) is 0 Å². The van der Waals surface area contributed by atoms with Crippen molar-refractivity contribution >= 4 is 15.5 Å². The van der Waals surface area contributed by atoms with Crippen LogP contribution in [0.3, 0.4) is 0 Å². The number of rotatable bonds is 4. The number of hydrogen-bond donors (Lipinski definition) is 1. The average Bonchev–Trinajstić information content (AvgIpc) is 2.93. The lowest BCUT2D eigenvalue weighted by molar-refractivity contribution is -0.0435. The largest absolute Gasteiger partial charge is 0.501 e. The number of halogens is 4. The Kier molecular flexibility index (Phi) is 4.86. The zero-order chi connectivity index (χ0) is 19.0. The van der Waals surface area contributed by atoms with Gasteiger partial charge < -0.3 is 9.73 Å². The maximum absolute atomic E-state index is 13.3. The highest BCUT2D eigenvalue weighted by molar-refractivity contribution is 7.92. The van der Waals surface area contributed by atoms with Gasteiger partial charge in [0.15, 0.2) is 0 Å². The monoisotopic (exact) mass is 380 g/mol. The highest BCUT2D eigenvalue weighted by atomic mass is 32.2. The fraction of sp³-hybridized carbons (Fsp3) is 0.400. The normalized spacial score (nSPS) is 13.1. The average molecular weight is 380 g/mol. The lowest BCUT2D eigenvalue weighted by Crippen LogP contribution is -2.24. The van der Waals surface area contributed by atoms with Gasteiger partial charge in [0.2, 0.25) is 5.89 Å². The van der Waals surface area contributed by atoms with E-state index in [-0.39, 0.29) is 17.9 Å². The van der Waals surface area contributed by atoms with E-state index < -0.39 is 31.7 Å². The number of alkyl halides is 3. The van der Waals surface area contributed by atoms with Crippen LogP contribution in [0.4, 0.5) is 23.2 Å². The van der Waals surface area contributed by atoms with Crippen molar-refractivity contribution in [3.63, 3.8) is 0 Å². The third-order valence-corrected chi connectivity index (χ3v) is 4.79. The van der Waals surface area contributed by atoms with Gasteiger partial charge in [0, 0.05) is 5.41 Å². The Labute approximate surface area is 142 Å². The van der Waals surface area contributed by atoms with E-state index in [1.54, 1.807) is 0 Å². The molecule has 0 radical (unpaired) electrons. The van der Waals surface area contributed by atoms with E-state index in [2.05, 4.69) is 10.3 Å². The highest BCUT2D eigenvalue weighted by Crippen LogP contribution is 2.35. The molecular formula is C15H16F4N2O3S. The van der Waals surface area contributed by atoms with E-state index in [4.69, 9.17) is 4.42 Å². The van der Waals surface area contributed by atoms with Crippen molar-refractivity contribution in [2.45, 2.75) is 43.1 Å². The molecule has 1 aromatic heterocycles. The number of oxazole rings is 1. The second-order valence-electron chi connectivity index (χ2n) is 6.31. The predicted octanol–water partition coefficient (Wildman–Crippen LogP) is 4.02. The Morgan fingerprint density at radius 2 is 1.84 bits per heavy atom. The summed E-state index contributed by atoms with van der Waals surface area (Å²) < 4.78 is 80.2. The summed E-state index contributed by atoms with van der Waals surface area (Å²) in [5.74, 6) is -0.379. The Morgan fingerprint density at radius 3 is 2.36 bits per heavy atom. The molecule has 10 heteroatoms. The zero-order valence-corrected chi connectivity index (χ0v) is 14.4. The number of sulfone groups is 1. The number of benzene rings is 1. The van der Waals surface area contributed by atoms with E-state index in [9.17, 15) is 26.0 Å². The number of hydrogen-bond acceptors (Lipinski definition) is 5. The molecule has 0 aliphatic carbocycles. The molecule has 0 atom stereocenters. The molecule has 2 aromatic rings. The molecule has 138 valence electrons. The van der Waals surface area contributed by atoms with Crippen LogP contribution in [0.1, 0.15) is 32.4 Å². The van der Waals surface area contributed by atoms with Gasteiger partial charge in [-0.25, -0.2) is 17.8 Å². The summed E-state index contributed by atoms with van der Waals surface area (Å²) in [6.07, 6.45) is 1.48. The van der Waals surface area contributed by atoms with Gasteiger partial charge >= 0.3 is 5.51 Å². The van der Waals surface area contributed by atoms with Crippen molar-refractivity contribution in [3.05, 3.63) is 41.9 Å². The molecule has 1 aromatic carbocycles. The SMILES string of the molecule is CC(C)(C)c1cnc(CNc2ccc(F)cc2S(=O)(=O)C(F)(F)F)o1. The lowest BCUT2D eigenvalue weighted by Gasteiger charge is -2.14. The van der Waals surface area contributed by atoms with E-state index >= 15 is 0 Å². The first-order chi connectivity index (χ1) is 11.3. The number of nitrogens with zero attached hydrogens (tertiary/aromatic N) is 1. The minimum atomic E-state index is -5.71. The summed E-state index contributed by atoms with van der Waals surface area (Å²) in [6.45, 7) is 5.50. The molecule has 0 bridgehead atoms. The predicted molar refractivity (Wildman–Crippen MR) is 82.2 cm³/mol. The fourth-order valence-corrected chi connectivity index (χ4v) is 2.85. The summed E-state index contributed by atoms with van der Waals surface area (Å²) in [5.41, 5.74) is -6.25. The zero-order valence-electron chi connectivity index (χ0n) is 13.6. The number of aromatic nitrogens is 1. The van der Waals surface area contributed by atoms with Gasteiger partial charge in [0.05, 0.1) is 18.4 Å². The maximum Gasteiger partial charge on any atom is 0.501 e. The smallest absolute Gasteiger partial charge is 0.443 e. The second kappa shape index (κ2) is 6.32. The minimum Gasteiger partial charge on any atom is -0.443 e. The highest BCUT2D eigenvalue weighted by Gasteiger charge is 2.48. The van der Waals surface area contributed by atoms with Crippen LogP contribution in [0.15, 0.2) is 33.7 Å².